The van der Waals surface area contributed by atoms with E-state index < -0.39 is 0 Å². The predicted molar refractivity (Wildman–Crippen MR) is 82.3 cm³/mol. The summed E-state index contributed by atoms with van der Waals surface area (Å²) in [6.07, 6.45) is 3.26. The Bertz CT molecular complexity index is 568. The van der Waals surface area contributed by atoms with E-state index in [1.807, 2.05) is 19.2 Å². The number of hydrogen-bond acceptors (Lipinski definition) is 5. The molecule has 0 saturated carbocycles. The van der Waals surface area contributed by atoms with Crippen molar-refractivity contribution in [3.63, 3.8) is 0 Å². The van der Waals surface area contributed by atoms with Crippen LogP contribution in [0.3, 0.4) is 0 Å². The SMILES string of the molecule is CCc1ccc(-c2nc(N3CCC(CNC)CC3)n[nH]2)o1. The second kappa shape index (κ2) is 6.30. The number of rotatable bonds is 5. The first-order valence-corrected chi connectivity index (χ1v) is 7.71. The van der Waals surface area contributed by atoms with E-state index in [2.05, 4.69) is 32.3 Å². The van der Waals surface area contributed by atoms with Crippen molar-refractivity contribution in [2.24, 2.45) is 5.92 Å². The fourth-order valence-corrected chi connectivity index (χ4v) is 2.83. The van der Waals surface area contributed by atoms with E-state index in [9.17, 15) is 0 Å². The number of nitrogens with zero attached hydrogens (tertiary/aromatic N) is 3. The molecule has 6 nitrogen and oxygen atoms in total. The van der Waals surface area contributed by atoms with Crippen LogP contribution in [0, 0.1) is 5.92 Å². The molecule has 1 aliphatic rings. The van der Waals surface area contributed by atoms with Crippen LogP contribution in [0.1, 0.15) is 25.5 Å². The largest absolute Gasteiger partial charge is 0.458 e. The Morgan fingerprint density at radius 3 is 2.86 bits per heavy atom. The molecule has 3 heterocycles. The minimum atomic E-state index is 0.710. The standard InChI is InChI=1S/C15H23N5O/c1-3-12-4-5-13(21-12)14-17-15(19-18-14)20-8-6-11(7-9-20)10-16-2/h4-5,11,16H,3,6-10H2,1-2H3,(H,17,18,19). The van der Waals surface area contributed by atoms with Gasteiger partial charge in [0.05, 0.1) is 0 Å². The summed E-state index contributed by atoms with van der Waals surface area (Å²) in [5, 5.41) is 10.6. The highest BCUT2D eigenvalue weighted by atomic mass is 16.3. The molecular formula is C15H23N5O. The molecule has 1 saturated heterocycles. The molecular weight excluding hydrogens is 266 g/mol. The first kappa shape index (κ1) is 14.1. The first-order chi connectivity index (χ1) is 10.3. The van der Waals surface area contributed by atoms with Crippen LogP contribution >= 0.6 is 0 Å². The van der Waals surface area contributed by atoms with Gasteiger partial charge >= 0.3 is 0 Å². The Kier molecular flexibility index (Phi) is 4.24. The Hall–Kier alpha value is -1.82. The maximum Gasteiger partial charge on any atom is 0.245 e. The average molecular weight is 289 g/mol. The summed E-state index contributed by atoms with van der Waals surface area (Å²) in [6.45, 7) is 5.20. The van der Waals surface area contributed by atoms with E-state index in [0.717, 1.165) is 49.4 Å². The zero-order chi connectivity index (χ0) is 14.7. The van der Waals surface area contributed by atoms with Gasteiger partial charge < -0.3 is 14.6 Å². The zero-order valence-corrected chi connectivity index (χ0v) is 12.7. The highest BCUT2D eigenvalue weighted by Gasteiger charge is 2.22. The summed E-state index contributed by atoms with van der Waals surface area (Å²) >= 11 is 0. The number of aryl methyl sites for hydroxylation is 1. The summed E-state index contributed by atoms with van der Waals surface area (Å²) in [6, 6.07) is 3.93. The summed E-state index contributed by atoms with van der Waals surface area (Å²) < 4.78 is 5.71. The van der Waals surface area contributed by atoms with E-state index in [1.165, 1.54) is 12.8 Å². The van der Waals surface area contributed by atoms with Crippen molar-refractivity contribution in [2.45, 2.75) is 26.2 Å². The molecule has 3 rings (SSSR count). The molecule has 0 amide bonds. The van der Waals surface area contributed by atoms with E-state index in [4.69, 9.17) is 4.42 Å². The fraction of sp³-hybridized carbons (Fsp3) is 0.600. The molecule has 2 aromatic rings. The highest BCUT2D eigenvalue weighted by molar-refractivity contribution is 5.49. The summed E-state index contributed by atoms with van der Waals surface area (Å²) in [5.74, 6) is 3.98. The highest BCUT2D eigenvalue weighted by Crippen LogP contribution is 2.23. The molecule has 1 aliphatic heterocycles. The van der Waals surface area contributed by atoms with Crippen LogP contribution in [0.2, 0.25) is 0 Å². The predicted octanol–water partition coefficient (Wildman–Crippen LogP) is 2.06. The van der Waals surface area contributed by atoms with E-state index in [1.54, 1.807) is 0 Å². The van der Waals surface area contributed by atoms with Gasteiger partial charge in [-0.1, -0.05) is 6.92 Å². The molecule has 1 fully saturated rings. The second-order valence-corrected chi connectivity index (χ2v) is 5.59. The van der Waals surface area contributed by atoms with Crippen molar-refractivity contribution in [1.29, 1.82) is 0 Å². The van der Waals surface area contributed by atoms with Crippen LogP contribution in [-0.2, 0) is 6.42 Å². The summed E-state index contributed by atoms with van der Waals surface area (Å²) in [4.78, 5) is 6.82. The molecule has 114 valence electrons. The Morgan fingerprint density at radius 2 is 2.19 bits per heavy atom. The first-order valence-electron chi connectivity index (χ1n) is 7.71. The van der Waals surface area contributed by atoms with Gasteiger partial charge in [-0.2, -0.15) is 4.98 Å². The summed E-state index contributed by atoms with van der Waals surface area (Å²) in [7, 11) is 2.02. The van der Waals surface area contributed by atoms with E-state index in [-0.39, 0.29) is 0 Å². The molecule has 0 spiro atoms. The normalized spacial score (nSPS) is 16.6. The number of H-pyrrole nitrogens is 1. The molecule has 2 aromatic heterocycles. The molecule has 0 radical (unpaired) electrons. The van der Waals surface area contributed by atoms with Crippen LogP contribution in [0.5, 0.6) is 0 Å². The smallest absolute Gasteiger partial charge is 0.245 e. The molecule has 21 heavy (non-hydrogen) atoms. The van der Waals surface area contributed by atoms with Gasteiger partial charge in [-0.05, 0) is 44.5 Å². The second-order valence-electron chi connectivity index (χ2n) is 5.59. The van der Waals surface area contributed by atoms with Gasteiger partial charge in [0.25, 0.3) is 0 Å². The maximum absolute atomic E-state index is 5.71. The monoisotopic (exact) mass is 289 g/mol. The third-order valence-electron chi connectivity index (χ3n) is 4.11. The van der Waals surface area contributed by atoms with Gasteiger partial charge in [0.15, 0.2) is 11.6 Å². The van der Waals surface area contributed by atoms with Gasteiger partial charge in [0, 0.05) is 19.5 Å². The van der Waals surface area contributed by atoms with E-state index in [0.29, 0.717) is 5.82 Å². The molecule has 0 aromatic carbocycles. The zero-order valence-electron chi connectivity index (χ0n) is 12.7. The third-order valence-corrected chi connectivity index (χ3v) is 4.11. The molecule has 0 atom stereocenters. The number of nitrogens with one attached hydrogen (secondary N) is 2. The lowest BCUT2D eigenvalue weighted by Gasteiger charge is -2.30. The van der Waals surface area contributed by atoms with Crippen molar-refractivity contribution in [1.82, 2.24) is 20.5 Å². The minimum absolute atomic E-state index is 0.710. The maximum atomic E-state index is 5.71. The molecule has 6 heteroatoms. The Balaban J connectivity index is 1.65. The lowest BCUT2D eigenvalue weighted by atomic mass is 9.97. The van der Waals surface area contributed by atoms with Gasteiger partial charge in [0.2, 0.25) is 5.95 Å². The van der Waals surface area contributed by atoms with Crippen molar-refractivity contribution < 1.29 is 4.42 Å². The number of aromatic nitrogens is 3. The van der Waals surface area contributed by atoms with Gasteiger partial charge in [-0.15, -0.1) is 5.10 Å². The molecule has 0 unspecified atom stereocenters. The van der Waals surface area contributed by atoms with Gasteiger partial charge in [-0.3, -0.25) is 5.10 Å². The minimum Gasteiger partial charge on any atom is -0.458 e. The van der Waals surface area contributed by atoms with Crippen LogP contribution in [0.25, 0.3) is 11.6 Å². The molecule has 0 aliphatic carbocycles. The number of piperidine rings is 1. The summed E-state index contributed by atoms with van der Waals surface area (Å²) in [5.41, 5.74) is 0. The quantitative estimate of drug-likeness (QED) is 0.881. The third kappa shape index (κ3) is 3.10. The average Bonchev–Trinajstić information content (AvgIpc) is 3.17. The van der Waals surface area contributed by atoms with Crippen LogP contribution in [0.4, 0.5) is 5.95 Å². The Morgan fingerprint density at radius 1 is 1.38 bits per heavy atom. The topological polar surface area (TPSA) is 70.0 Å². The van der Waals surface area contributed by atoms with Gasteiger partial charge in [0.1, 0.15) is 5.76 Å². The van der Waals surface area contributed by atoms with Crippen LogP contribution in [0.15, 0.2) is 16.5 Å². The molecule has 2 N–H and O–H groups in total. The van der Waals surface area contributed by atoms with Crippen LogP contribution in [-0.4, -0.2) is 41.9 Å². The number of anilines is 1. The lowest BCUT2D eigenvalue weighted by Crippen LogP contribution is -2.37. The number of hydrogen-bond donors (Lipinski definition) is 2. The van der Waals surface area contributed by atoms with Gasteiger partial charge in [-0.25, -0.2) is 0 Å². The van der Waals surface area contributed by atoms with E-state index >= 15 is 0 Å². The Labute approximate surface area is 124 Å². The van der Waals surface area contributed by atoms with Crippen molar-refractivity contribution in [3.8, 4) is 11.6 Å². The van der Waals surface area contributed by atoms with Crippen molar-refractivity contribution in [2.75, 3.05) is 31.6 Å². The van der Waals surface area contributed by atoms with Crippen molar-refractivity contribution >= 4 is 5.95 Å². The number of aromatic amines is 1. The van der Waals surface area contributed by atoms with Crippen molar-refractivity contribution in [3.05, 3.63) is 17.9 Å². The van der Waals surface area contributed by atoms with Crippen LogP contribution < -0.4 is 10.2 Å². The fourth-order valence-electron chi connectivity index (χ4n) is 2.83. The number of furan rings is 1. The molecule has 0 bridgehead atoms. The lowest BCUT2D eigenvalue weighted by molar-refractivity contribution is 0.391.